The van der Waals surface area contributed by atoms with Crippen LogP contribution in [0, 0.1) is 10.1 Å². The molecule has 160 valence electrons. The second-order valence-corrected chi connectivity index (χ2v) is 8.58. The molecule has 1 saturated heterocycles. The first-order chi connectivity index (χ1) is 15.2. The number of anilines is 1. The number of non-ortho nitro benzene ring substituents is 1. The van der Waals surface area contributed by atoms with Crippen molar-refractivity contribution >= 4 is 69.2 Å². The van der Waals surface area contributed by atoms with Crippen molar-refractivity contribution in [3.63, 3.8) is 0 Å². The summed E-state index contributed by atoms with van der Waals surface area (Å²) in [6.45, 7) is 0. The molecule has 32 heavy (non-hydrogen) atoms. The Kier molecular flexibility index (Phi) is 5.83. The molecule has 0 bridgehead atoms. The van der Waals surface area contributed by atoms with Crippen LogP contribution in [0.15, 0.2) is 63.9 Å². The molecular formula is C21H11ClN2O6S2. The van der Waals surface area contributed by atoms with Crippen LogP contribution in [0.4, 0.5) is 11.4 Å². The van der Waals surface area contributed by atoms with E-state index in [1.165, 1.54) is 47.4 Å². The van der Waals surface area contributed by atoms with Gasteiger partial charge in [-0.1, -0.05) is 35.6 Å². The number of nitrogens with zero attached hydrogens (tertiary/aromatic N) is 2. The molecule has 0 unspecified atom stereocenters. The number of thiocarbonyl (C=S) groups is 1. The van der Waals surface area contributed by atoms with Gasteiger partial charge in [0.15, 0.2) is 4.32 Å². The molecule has 0 spiro atoms. The zero-order chi connectivity index (χ0) is 23.0. The first-order valence-corrected chi connectivity index (χ1v) is 10.5. The molecule has 3 aromatic rings. The van der Waals surface area contributed by atoms with E-state index in [2.05, 4.69) is 0 Å². The highest BCUT2D eigenvalue weighted by molar-refractivity contribution is 8.27. The molecule has 4 rings (SSSR count). The Hall–Kier alpha value is -3.47. The molecule has 1 amide bonds. The zero-order valence-electron chi connectivity index (χ0n) is 15.9. The van der Waals surface area contributed by atoms with Crippen LogP contribution >= 0.6 is 35.6 Å². The van der Waals surface area contributed by atoms with Gasteiger partial charge in [0, 0.05) is 23.8 Å². The van der Waals surface area contributed by atoms with Gasteiger partial charge in [0.25, 0.3) is 11.6 Å². The minimum atomic E-state index is -1.15. The van der Waals surface area contributed by atoms with Crippen LogP contribution in [0.2, 0.25) is 5.02 Å². The SMILES string of the molecule is O=C(O)c1cc(-c2ccc(/C=C3/SC(=S)N(c4ccc([N+](=O)[O-])cc4)C3=O)o2)ccc1Cl. The van der Waals surface area contributed by atoms with Crippen molar-refractivity contribution in [3.8, 4) is 11.3 Å². The van der Waals surface area contributed by atoms with Crippen LogP contribution in [-0.2, 0) is 4.79 Å². The van der Waals surface area contributed by atoms with Crippen molar-refractivity contribution in [1.29, 1.82) is 0 Å². The zero-order valence-corrected chi connectivity index (χ0v) is 18.2. The fraction of sp³-hybridized carbons (Fsp3) is 0. The van der Waals surface area contributed by atoms with Gasteiger partial charge in [0.05, 0.1) is 26.1 Å². The van der Waals surface area contributed by atoms with Gasteiger partial charge in [0.1, 0.15) is 11.5 Å². The maximum absolute atomic E-state index is 12.9. The summed E-state index contributed by atoms with van der Waals surface area (Å²) >= 11 is 12.3. The van der Waals surface area contributed by atoms with Crippen LogP contribution in [0.5, 0.6) is 0 Å². The molecule has 1 aliphatic rings. The molecule has 0 saturated carbocycles. The van der Waals surface area contributed by atoms with Gasteiger partial charge in [-0.25, -0.2) is 4.79 Å². The molecule has 11 heteroatoms. The number of carbonyl (C=O) groups excluding carboxylic acids is 1. The summed E-state index contributed by atoms with van der Waals surface area (Å²) in [5.74, 6) is -0.762. The Labute approximate surface area is 195 Å². The fourth-order valence-electron chi connectivity index (χ4n) is 2.97. The van der Waals surface area contributed by atoms with E-state index in [9.17, 15) is 24.8 Å². The first-order valence-electron chi connectivity index (χ1n) is 8.90. The lowest BCUT2D eigenvalue weighted by Gasteiger charge is -2.13. The topological polar surface area (TPSA) is 114 Å². The van der Waals surface area contributed by atoms with Crippen LogP contribution in [0.25, 0.3) is 17.4 Å². The van der Waals surface area contributed by atoms with Crippen molar-refractivity contribution in [2.75, 3.05) is 4.90 Å². The average Bonchev–Trinajstić information content (AvgIpc) is 3.32. The lowest BCUT2D eigenvalue weighted by molar-refractivity contribution is -0.384. The fourth-order valence-corrected chi connectivity index (χ4v) is 4.45. The van der Waals surface area contributed by atoms with Crippen molar-refractivity contribution in [2.45, 2.75) is 0 Å². The number of nitro benzene ring substituents is 1. The molecule has 0 atom stereocenters. The number of hydrogen-bond acceptors (Lipinski definition) is 7. The van der Waals surface area contributed by atoms with Crippen LogP contribution in [0.1, 0.15) is 16.1 Å². The van der Waals surface area contributed by atoms with Gasteiger partial charge in [-0.2, -0.15) is 0 Å². The van der Waals surface area contributed by atoms with E-state index >= 15 is 0 Å². The number of benzene rings is 2. The van der Waals surface area contributed by atoms with E-state index in [-0.39, 0.29) is 26.5 Å². The number of aromatic carboxylic acids is 1. The first kappa shape index (κ1) is 21.8. The minimum absolute atomic E-state index is 0.0499. The molecule has 1 aliphatic heterocycles. The third kappa shape index (κ3) is 4.15. The van der Waals surface area contributed by atoms with E-state index in [0.717, 1.165) is 11.8 Å². The van der Waals surface area contributed by atoms with Gasteiger partial charge in [-0.05, 0) is 42.5 Å². The second kappa shape index (κ2) is 8.58. The van der Waals surface area contributed by atoms with E-state index in [4.69, 9.17) is 28.2 Å². The maximum Gasteiger partial charge on any atom is 0.337 e. The second-order valence-electron chi connectivity index (χ2n) is 6.49. The monoisotopic (exact) mass is 486 g/mol. The number of furan rings is 1. The standard InChI is InChI=1S/C21H11ClN2O6S2/c22-16-7-1-11(9-15(16)20(26)27)17-8-6-14(30-17)10-18-19(25)23(21(31)32-18)12-2-4-13(5-3-12)24(28)29/h1-10H,(H,26,27)/b18-10+. The Morgan fingerprint density at radius 2 is 1.91 bits per heavy atom. The summed E-state index contributed by atoms with van der Waals surface area (Å²) in [4.78, 5) is 36.1. The molecule has 0 radical (unpaired) electrons. The third-order valence-electron chi connectivity index (χ3n) is 4.49. The maximum atomic E-state index is 12.9. The van der Waals surface area contributed by atoms with Gasteiger partial charge >= 0.3 is 5.97 Å². The number of carboxylic acid groups (broad SMARTS) is 1. The number of amides is 1. The predicted octanol–water partition coefficient (Wildman–Crippen LogP) is 5.61. The highest BCUT2D eigenvalue weighted by Gasteiger charge is 2.33. The van der Waals surface area contributed by atoms with Crippen LogP contribution in [-0.4, -0.2) is 26.2 Å². The van der Waals surface area contributed by atoms with Gasteiger partial charge < -0.3 is 9.52 Å². The normalized spacial score (nSPS) is 14.9. The van der Waals surface area contributed by atoms with Crippen molar-refractivity contribution in [1.82, 2.24) is 0 Å². The number of carbonyl (C=O) groups is 2. The Bertz CT molecular complexity index is 1320. The Morgan fingerprint density at radius 1 is 1.19 bits per heavy atom. The number of nitro groups is 1. The third-order valence-corrected chi connectivity index (χ3v) is 6.13. The molecule has 0 aliphatic carbocycles. The summed E-state index contributed by atoms with van der Waals surface area (Å²) < 4.78 is 6.04. The summed E-state index contributed by atoms with van der Waals surface area (Å²) in [6, 6.07) is 13.3. The summed E-state index contributed by atoms with van der Waals surface area (Å²) in [5.41, 5.74) is 0.797. The molecule has 1 fully saturated rings. The van der Waals surface area contributed by atoms with Gasteiger partial charge in [-0.3, -0.25) is 19.8 Å². The van der Waals surface area contributed by atoms with Crippen molar-refractivity contribution < 1.29 is 24.0 Å². The number of rotatable bonds is 5. The highest BCUT2D eigenvalue weighted by Crippen LogP contribution is 2.37. The van der Waals surface area contributed by atoms with Crippen LogP contribution in [0.3, 0.4) is 0 Å². The molecule has 1 aromatic heterocycles. The highest BCUT2D eigenvalue weighted by atomic mass is 35.5. The predicted molar refractivity (Wildman–Crippen MR) is 125 cm³/mol. The van der Waals surface area contributed by atoms with Crippen molar-refractivity contribution in [2.24, 2.45) is 0 Å². The summed E-state index contributed by atoms with van der Waals surface area (Å²) in [6.07, 6.45) is 1.53. The molecular weight excluding hydrogens is 476 g/mol. The van der Waals surface area contributed by atoms with Crippen molar-refractivity contribution in [3.05, 3.63) is 86.0 Å². The van der Waals surface area contributed by atoms with E-state index in [1.807, 2.05) is 0 Å². The van der Waals surface area contributed by atoms with Gasteiger partial charge in [-0.15, -0.1) is 0 Å². The largest absolute Gasteiger partial charge is 0.478 e. The Balaban J connectivity index is 1.59. The lowest BCUT2D eigenvalue weighted by Crippen LogP contribution is -2.27. The number of carboxylic acids is 1. The number of thioether (sulfide) groups is 1. The molecule has 1 N–H and O–H groups in total. The van der Waals surface area contributed by atoms with E-state index in [1.54, 1.807) is 18.2 Å². The molecule has 8 nitrogen and oxygen atoms in total. The molecule has 2 aromatic carbocycles. The van der Waals surface area contributed by atoms with Gasteiger partial charge in [0.2, 0.25) is 0 Å². The summed E-state index contributed by atoms with van der Waals surface area (Å²) in [7, 11) is 0. The average molecular weight is 487 g/mol. The van der Waals surface area contributed by atoms with E-state index < -0.39 is 10.9 Å². The summed E-state index contributed by atoms with van der Waals surface area (Å²) in [5, 5.41) is 20.2. The molecule has 2 heterocycles. The van der Waals surface area contributed by atoms with E-state index in [0.29, 0.717) is 27.7 Å². The quantitative estimate of drug-likeness (QED) is 0.214. The number of halogens is 1. The van der Waals surface area contributed by atoms with Crippen LogP contribution < -0.4 is 4.90 Å². The smallest absolute Gasteiger partial charge is 0.337 e. The minimum Gasteiger partial charge on any atom is -0.478 e. The number of hydrogen-bond donors (Lipinski definition) is 1. The Morgan fingerprint density at radius 3 is 2.56 bits per heavy atom. The lowest BCUT2D eigenvalue weighted by atomic mass is 10.1.